The summed E-state index contributed by atoms with van der Waals surface area (Å²) < 4.78 is 2.33. The van der Waals surface area contributed by atoms with Gasteiger partial charge in [-0.1, -0.05) is 78.7 Å². The van der Waals surface area contributed by atoms with Gasteiger partial charge in [-0.25, -0.2) is 0 Å². The normalized spacial score (nSPS) is 16.1. The Labute approximate surface area is 163 Å². The molecular weight excluding hydrogens is 362 g/mol. The molecule has 4 rings (SSSR count). The average molecular weight is 384 g/mol. The highest BCUT2D eigenvalue weighted by atomic mass is 35.5. The number of thioether (sulfide) groups is 1. The fourth-order valence-corrected chi connectivity index (χ4v) is 4.89. The zero-order valence-corrected chi connectivity index (χ0v) is 16.4. The van der Waals surface area contributed by atoms with Crippen molar-refractivity contribution in [2.24, 2.45) is 0 Å². The largest absolute Gasteiger partial charge is 0.299 e. The molecule has 1 saturated carbocycles. The quantitative estimate of drug-likeness (QED) is 0.467. The summed E-state index contributed by atoms with van der Waals surface area (Å²) in [7, 11) is 0. The Kier molecular flexibility index (Phi) is 5.32. The number of rotatable bonds is 5. The van der Waals surface area contributed by atoms with E-state index in [9.17, 15) is 0 Å². The van der Waals surface area contributed by atoms with Crippen LogP contribution >= 0.6 is 23.4 Å². The van der Waals surface area contributed by atoms with Crippen molar-refractivity contribution >= 4 is 23.4 Å². The molecule has 5 heteroatoms. The molecule has 1 aliphatic carbocycles. The fraction of sp³-hybridized carbons (Fsp3) is 0.333. The molecule has 3 aromatic rings. The molecule has 0 N–H and O–H groups in total. The van der Waals surface area contributed by atoms with Crippen LogP contribution in [0.5, 0.6) is 0 Å². The van der Waals surface area contributed by atoms with Crippen LogP contribution in [0.15, 0.2) is 59.8 Å². The standard InChI is InChI=1S/C21H22ClN3S/c1-15(16-9-3-2-4-10-16)26-21-24-23-20(18-13-7-8-14-19(18)22)25(21)17-11-5-6-12-17/h2-4,7-10,13-15,17H,5-6,11-12H2,1H3. The highest BCUT2D eigenvalue weighted by Crippen LogP contribution is 2.41. The van der Waals surface area contributed by atoms with Crippen LogP contribution in [0, 0.1) is 0 Å². The summed E-state index contributed by atoms with van der Waals surface area (Å²) in [5, 5.41) is 11.1. The van der Waals surface area contributed by atoms with E-state index >= 15 is 0 Å². The molecule has 1 aromatic heterocycles. The minimum Gasteiger partial charge on any atom is -0.299 e. The zero-order chi connectivity index (χ0) is 17.9. The second-order valence-electron chi connectivity index (χ2n) is 6.77. The predicted octanol–water partition coefficient (Wildman–Crippen LogP) is 6.57. The van der Waals surface area contributed by atoms with Crippen molar-refractivity contribution in [3.05, 3.63) is 65.2 Å². The van der Waals surface area contributed by atoms with Crippen molar-refractivity contribution in [2.45, 2.75) is 49.1 Å². The minimum absolute atomic E-state index is 0.319. The van der Waals surface area contributed by atoms with Crippen molar-refractivity contribution in [3.63, 3.8) is 0 Å². The zero-order valence-electron chi connectivity index (χ0n) is 14.8. The highest BCUT2D eigenvalue weighted by Gasteiger charge is 2.26. The predicted molar refractivity (Wildman–Crippen MR) is 109 cm³/mol. The molecule has 2 aromatic carbocycles. The SMILES string of the molecule is CC(Sc1nnc(-c2ccccc2Cl)n1C1CCCC1)c1ccccc1. The maximum absolute atomic E-state index is 6.46. The summed E-state index contributed by atoms with van der Waals surface area (Å²) in [4.78, 5) is 0. The Bertz CT molecular complexity index is 872. The maximum atomic E-state index is 6.46. The monoisotopic (exact) mass is 383 g/mol. The Balaban J connectivity index is 1.72. The molecule has 0 saturated heterocycles. The number of nitrogens with zero attached hydrogens (tertiary/aromatic N) is 3. The van der Waals surface area contributed by atoms with Gasteiger partial charge < -0.3 is 0 Å². The number of hydrogen-bond donors (Lipinski definition) is 0. The van der Waals surface area contributed by atoms with Crippen LogP contribution in [0.4, 0.5) is 0 Å². The number of benzene rings is 2. The molecule has 1 aliphatic rings. The van der Waals surface area contributed by atoms with Crippen LogP contribution in [0.1, 0.15) is 49.5 Å². The molecule has 3 nitrogen and oxygen atoms in total. The van der Waals surface area contributed by atoms with Gasteiger partial charge >= 0.3 is 0 Å². The first-order valence-corrected chi connectivity index (χ1v) is 10.4. The Morgan fingerprint density at radius 3 is 2.42 bits per heavy atom. The third-order valence-corrected chi connectivity index (χ3v) is 6.46. The summed E-state index contributed by atoms with van der Waals surface area (Å²) >= 11 is 8.24. The molecule has 134 valence electrons. The lowest BCUT2D eigenvalue weighted by molar-refractivity contribution is 0.485. The molecule has 0 bridgehead atoms. The van der Waals surface area contributed by atoms with E-state index in [2.05, 4.69) is 52.0 Å². The van der Waals surface area contributed by atoms with E-state index in [1.165, 1.54) is 31.2 Å². The molecule has 0 radical (unpaired) electrons. The van der Waals surface area contributed by atoms with Crippen molar-refractivity contribution < 1.29 is 0 Å². The molecular formula is C21H22ClN3S. The summed E-state index contributed by atoms with van der Waals surface area (Å²) in [6.07, 6.45) is 4.90. The third-order valence-electron chi connectivity index (χ3n) is 5.02. The van der Waals surface area contributed by atoms with Gasteiger partial charge in [0.15, 0.2) is 11.0 Å². The van der Waals surface area contributed by atoms with Gasteiger partial charge in [-0.05, 0) is 37.5 Å². The van der Waals surface area contributed by atoms with E-state index in [1.54, 1.807) is 11.8 Å². The summed E-state index contributed by atoms with van der Waals surface area (Å²) in [6.45, 7) is 2.23. The summed E-state index contributed by atoms with van der Waals surface area (Å²) in [5.74, 6) is 0.894. The Hall–Kier alpha value is -1.78. The van der Waals surface area contributed by atoms with Gasteiger partial charge in [-0.3, -0.25) is 4.57 Å². The van der Waals surface area contributed by atoms with E-state index in [0.29, 0.717) is 11.3 Å². The number of hydrogen-bond acceptors (Lipinski definition) is 3. The van der Waals surface area contributed by atoms with Crippen molar-refractivity contribution in [3.8, 4) is 11.4 Å². The summed E-state index contributed by atoms with van der Waals surface area (Å²) in [6, 6.07) is 18.9. The second-order valence-corrected chi connectivity index (χ2v) is 8.48. The minimum atomic E-state index is 0.319. The Morgan fingerprint density at radius 1 is 1.00 bits per heavy atom. The van der Waals surface area contributed by atoms with Crippen LogP contribution in [0.3, 0.4) is 0 Å². The first kappa shape index (κ1) is 17.6. The van der Waals surface area contributed by atoms with Crippen molar-refractivity contribution in [2.75, 3.05) is 0 Å². The van der Waals surface area contributed by atoms with Gasteiger partial charge in [0.1, 0.15) is 0 Å². The molecule has 26 heavy (non-hydrogen) atoms. The van der Waals surface area contributed by atoms with Crippen LogP contribution in [-0.2, 0) is 0 Å². The lowest BCUT2D eigenvalue weighted by Crippen LogP contribution is -2.09. The van der Waals surface area contributed by atoms with Gasteiger partial charge in [0, 0.05) is 16.9 Å². The van der Waals surface area contributed by atoms with E-state index in [-0.39, 0.29) is 0 Å². The topological polar surface area (TPSA) is 30.7 Å². The molecule has 0 spiro atoms. The van der Waals surface area contributed by atoms with E-state index in [0.717, 1.165) is 21.6 Å². The highest BCUT2D eigenvalue weighted by molar-refractivity contribution is 7.99. The van der Waals surface area contributed by atoms with Gasteiger partial charge in [0.05, 0.1) is 5.02 Å². The molecule has 1 fully saturated rings. The third kappa shape index (κ3) is 3.53. The van der Waals surface area contributed by atoms with Crippen LogP contribution in [0.25, 0.3) is 11.4 Å². The van der Waals surface area contributed by atoms with Gasteiger partial charge in [0.2, 0.25) is 0 Å². The maximum Gasteiger partial charge on any atom is 0.192 e. The fourth-order valence-electron chi connectivity index (χ4n) is 3.63. The number of halogens is 1. The lowest BCUT2D eigenvalue weighted by atomic mass is 10.2. The van der Waals surface area contributed by atoms with E-state index in [1.807, 2.05) is 24.3 Å². The molecule has 0 aliphatic heterocycles. The summed E-state index contributed by atoms with van der Waals surface area (Å²) in [5.41, 5.74) is 2.27. The van der Waals surface area contributed by atoms with Crippen LogP contribution < -0.4 is 0 Å². The van der Waals surface area contributed by atoms with E-state index < -0.39 is 0 Å². The first-order chi connectivity index (χ1) is 12.7. The smallest absolute Gasteiger partial charge is 0.192 e. The van der Waals surface area contributed by atoms with Crippen LogP contribution in [0.2, 0.25) is 5.02 Å². The molecule has 0 amide bonds. The molecule has 1 unspecified atom stereocenters. The Morgan fingerprint density at radius 2 is 1.69 bits per heavy atom. The average Bonchev–Trinajstić information content (AvgIpc) is 3.32. The number of aromatic nitrogens is 3. The van der Waals surface area contributed by atoms with Gasteiger partial charge in [-0.15, -0.1) is 10.2 Å². The lowest BCUT2D eigenvalue weighted by Gasteiger charge is -2.19. The van der Waals surface area contributed by atoms with Gasteiger partial charge in [-0.2, -0.15) is 0 Å². The molecule has 1 atom stereocenters. The second kappa shape index (κ2) is 7.85. The van der Waals surface area contributed by atoms with Crippen molar-refractivity contribution in [1.29, 1.82) is 0 Å². The van der Waals surface area contributed by atoms with Crippen molar-refractivity contribution in [1.82, 2.24) is 14.8 Å². The van der Waals surface area contributed by atoms with Crippen LogP contribution in [-0.4, -0.2) is 14.8 Å². The van der Waals surface area contributed by atoms with E-state index in [4.69, 9.17) is 11.6 Å². The van der Waals surface area contributed by atoms with Gasteiger partial charge in [0.25, 0.3) is 0 Å². The molecule has 1 heterocycles. The first-order valence-electron chi connectivity index (χ1n) is 9.15.